The van der Waals surface area contributed by atoms with Crippen molar-refractivity contribution in [1.29, 1.82) is 0 Å². The average Bonchev–Trinajstić information content (AvgIpc) is 2.87. The van der Waals surface area contributed by atoms with Crippen LogP contribution in [0.25, 0.3) is 0 Å². The van der Waals surface area contributed by atoms with Crippen LogP contribution in [0.15, 0.2) is 36.5 Å². The van der Waals surface area contributed by atoms with Crippen LogP contribution in [-0.4, -0.2) is 26.7 Å². The normalized spacial score (nSPS) is 13.3. The fraction of sp³-hybridized carbons (Fsp3) is 0.500. The molecule has 0 amide bonds. The summed E-state index contributed by atoms with van der Waals surface area (Å²) in [6, 6.07) is 10.7. The first-order valence-electron chi connectivity index (χ1n) is 7.29. The Kier molecular flexibility index (Phi) is 5.09. The largest absolute Gasteiger partial charge is 0.394 e. The number of hydrogen-bond donors (Lipinski definition) is 2. The van der Waals surface area contributed by atoms with Gasteiger partial charge in [0, 0.05) is 18.8 Å². The van der Waals surface area contributed by atoms with Crippen molar-refractivity contribution in [2.75, 3.05) is 6.61 Å². The molecule has 2 aromatic rings. The molecule has 5 heteroatoms. The quantitative estimate of drug-likeness (QED) is 0.855. The zero-order chi connectivity index (χ0) is 15.3. The molecular formula is C16H24N4O. The highest BCUT2D eigenvalue weighted by Crippen LogP contribution is 2.32. The lowest BCUT2D eigenvalue weighted by atomic mass is 9.82. The van der Waals surface area contributed by atoms with E-state index in [2.05, 4.69) is 60.7 Å². The third-order valence-electron chi connectivity index (χ3n) is 3.40. The van der Waals surface area contributed by atoms with Gasteiger partial charge in [-0.05, 0) is 11.0 Å². The molecule has 0 saturated carbocycles. The molecule has 1 aromatic carbocycles. The van der Waals surface area contributed by atoms with Crippen molar-refractivity contribution in [3.63, 3.8) is 0 Å². The number of aliphatic hydroxyl groups is 1. The molecule has 0 radical (unpaired) electrons. The minimum absolute atomic E-state index is 0.0743. The molecule has 1 atom stereocenters. The summed E-state index contributed by atoms with van der Waals surface area (Å²) < 4.78 is 1.66. The summed E-state index contributed by atoms with van der Waals surface area (Å²) in [5, 5.41) is 20.6. The highest BCUT2D eigenvalue weighted by Gasteiger charge is 2.25. The zero-order valence-electron chi connectivity index (χ0n) is 13.0. The second-order valence-corrected chi connectivity index (χ2v) is 6.29. The van der Waals surface area contributed by atoms with Crippen LogP contribution in [-0.2, 0) is 13.1 Å². The van der Waals surface area contributed by atoms with Crippen molar-refractivity contribution in [1.82, 2.24) is 20.3 Å². The molecule has 0 aliphatic carbocycles. The topological polar surface area (TPSA) is 63.0 Å². The average molecular weight is 288 g/mol. The molecule has 0 fully saturated rings. The van der Waals surface area contributed by atoms with Crippen LogP contribution in [0.3, 0.4) is 0 Å². The summed E-state index contributed by atoms with van der Waals surface area (Å²) in [4.78, 5) is 0. The van der Waals surface area contributed by atoms with E-state index >= 15 is 0 Å². The van der Waals surface area contributed by atoms with Crippen molar-refractivity contribution in [3.05, 3.63) is 47.8 Å². The Bertz CT molecular complexity index is 545. The number of nitrogens with zero attached hydrogens (tertiary/aromatic N) is 3. The Morgan fingerprint density at radius 3 is 2.57 bits per heavy atom. The summed E-state index contributed by atoms with van der Waals surface area (Å²) in [5.41, 5.74) is 2.25. The van der Waals surface area contributed by atoms with Gasteiger partial charge in [-0.3, -0.25) is 0 Å². The number of aliphatic hydroxyl groups excluding tert-OH is 1. The number of aromatic nitrogens is 3. The van der Waals surface area contributed by atoms with Crippen LogP contribution in [0.5, 0.6) is 0 Å². The van der Waals surface area contributed by atoms with Crippen molar-refractivity contribution in [3.8, 4) is 0 Å². The van der Waals surface area contributed by atoms with Crippen LogP contribution in [0.4, 0.5) is 0 Å². The first-order chi connectivity index (χ1) is 10.0. The lowest BCUT2D eigenvalue weighted by molar-refractivity contribution is 0.268. The molecule has 1 heterocycles. The Morgan fingerprint density at radius 1 is 1.24 bits per heavy atom. The molecule has 0 aliphatic rings. The number of hydrogen-bond acceptors (Lipinski definition) is 4. The van der Waals surface area contributed by atoms with E-state index in [9.17, 15) is 0 Å². The van der Waals surface area contributed by atoms with Crippen LogP contribution in [0, 0.1) is 5.41 Å². The molecule has 0 aliphatic heterocycles. The summed E-state index contributed by atoms with van der Waals surface area (Å²) in [5.74, 6) is 0. The lowest BCUT2D eigenvalue weighted by Gasteiger charge is -2.32. The van der Waals surface area contributed by atoms with Gasteiger partial charge in [0.15, 0.2) is 0 Å². The van der Waals surface area contributed by atoms with Crippen LogP contribution in [0.2, 0.25) is 0 Å². The monoisotopic (exact) mass is 288 g/mol. The molecular weight excluding hydrogens is 264 g/mol. The van der Waals surface area contributed by atoms with E-state index in [-0.39, 0.29) is 18.1 Å². The molecule has 2 rings (SSSR count). The van der Waals surface area contributed by atoms with Gasteiger partial charge in [0.1, 0.15) is 0 Å². The van der Waals surface area contributed by atoms with E-state index in [1.54, 1.807) is 4.68 Å². The standard InChI is InChI=1S/C16H24N4O/c1-16(2,3)15(13-7-5-4-6-8-13)17-11-14-12-20(9-10-21)19-18-14/h4-8,12,15,17,21H,9-11H2,1-3H3. The van der Waals surface area contributed by atoms with E-state index in [4.69, 9.17) is 5.11 Å². The summed E-state index contributed by atoms with van der Waals surface area (Å²) in [7, 11) is 0. The summed E-state index contributed by atoms with van der Waals surface area (Å²) >= 11 is 0. The van der Waals surface area contributed by atoms with Gasteiger partial charge in [-0.2, -0.15) is 0 Å². The molecule has 2 N–H and O–H groups in total. The summed E-state index contributed by atoms with van der Waals surface area (Å²) in [6.45, 7) is 7.88. The first-order valence-corrected chi connectivity index (χ1v) is 7.29. The van der Waals surface area contributed by atoms with Gasteiger partial charge in [-0.15, -0.1) is 5.10 Å². The highest BCUT2D eigenvalue weighted by molar-refractivity contribution is 5.20. The molecule has 0 spiro atoms. The van der Waals surface area contributed by atoms with Crippen molar-refractivity contribution in [2.45, 2.75) is 39.9 Å². The molecule has 1 aromatic heterocycles. The second kappa shape index (κ2) is 6.83. The Morgan fingerprint density at radius 2 is 1.95 bits per heavy atom. The van der Waals surface area contributed by atoms with Crippen molar-refractivity contribution >= 4 is 0 Å². The maximum atomic E-state index is 8.90. The van der Waals surface area contributed by atoms with Gasteiger partial charge < -0.3 is 10.4 Å². The third-order valence-corrected chi connectivity index (χ3v) is 3.40. The van der Waals surface area contributed by atoms with E-state index in [0.717, 1.165) is 5.69 Å². The predicted octanol–water partition coefficient (Wildman–Crippen LogP) is 2.15. The SMILES string of the molecule is CC(C)(C)C(NCc1cn(CCO)nn1)c1ccccc1. The van der Waals surface area contributed by atoms with Gasteiger partial charge in [-0.25, -0.2) is 4.68 Å². The Balaban J connectivity index is 2.06. The van der Waals surface area contributed by atoms with E-state index < -0.39 is 0 Å². The first kappa shape index (κ1) is 15.7. The molecule has 1 unspecified atom stereocenters. The van der Waals surface area contributed by atoms with Gasteiger partial charge >= 0.3 is 0 Å². The molecule has 0 saturated heterocycles. The smallest absolute Gasteiger partial charge is 0.0965 e. The van der Waals surface area contributed by atoms with Crippen molar-refractivity contribution < 1.29 is 5.11 Å². The van der Waals surface area contributed by atoms with Crippen molar-refractivity contribution in [2.24, 2.45) is 5.41 Å². The minimum Gasteiger partial charge on any atom is -0.394 e. The zero-order valence-corrected chi connectivity index (χ0v) is 13.0. The molecule has 0 bridgehead atoms. The third kappa shape index (κ3) is 4.37. The number of rotatable bonds is 6. The number of nitrogens with one attached hydrogen (secondary N) is 1. The highest BCUT2D eigenvalue weighted by atomic mass is 16.3. The fourth-order valence-electron chi connectivity index (χ4n) is 2.41. The molecule has 5 nitrogen and oxygen atoms in total. The van der Waals surface area contributed by atoms with E-state index in [0.29, 0.717) is 13.1 Å². The lowest BCUT2D eigenvalue weighted by Crippen LogP contribution is -2.32. The van der Waals surface area contributed by atoms with Gasteiger partial charge in [-0.1, -0.05) is 56.3 Å². The van der Waals surface area contributed by atoms with Gasteiger partial charge in [0.2, 0.25) is 0 Å². The Labute approximate surface area is 126 Å². The van der Waals surface area contributed by atoms with Gasteiger partial charge in [0.05, 0.1) is 18.8 Å². The maximum Gasteiger partial charge on any atom is 0.0965 e. The van der Waals surface area contributed by atoms with E-state index in [1.807, 2.05) is 12.3 Å². The predicted molar refractivity (Wildman–Crippen MR) is 82.6 cm³/mol. The van der Waals surface area contributed by atoms with Crippen LogP contribution in [0.1, 0.15) is 38.1 Å². The van der Waals surface area contributed by atoms with Crippen LogP contribution < -0.4 is 5.32 Å². The molecule has 21 heavy (non-hydrogen) atoms. The van der Waals surface area contributed by atoms with E-state index in [1.165, 1.54) is 5.56 Å². The maximum absolute atomic E-state index is 8.90. The van der Waals surface area contributed by atoms with Gasteiger partial charge in [0.25, 0.3) is 0 Å². The molecule has 114 valence electrons. The van der Waals surface area contributed by atoms with Crippen LogP contribution >= 0.6 is 0 Å². The second-order valence-electron chi connectivity index (χ2n) is 6.29. The number of benzene rings is 1. The summed E-state index contributed by atoms with van der Waals surface area (Å²) in [6.07, 6.45) is 1.87. The Hall–Kier alpha value is -1.72. The fourth-order valence-corrected chi connectivity index (χ4v) is 2.41. The minimum atomic E-state index is 0.0743.